The van der Waals surface area contributed by atoms with Crippen LogP contribution in [0.5, 0.6) is 0 Å². The average molecular weight is 402 g/mol. The second-order valence-electron chi connectivity index (χ2n) is 7.47. The van der Waals surface area contributed by atoms with E-state index < -0.39 is 10.0 Å². The van der Waals surface area contributed by atoms with Crippen molar-refractivity contribution in [2.75, 3.05) is 31.1 Å². The number of aromatic nitrogens is 6. The van der Waals surface area contributed by atoms with E-state index in [4.69, 9.17) is 0 Å². The van der Waals surface area contributed by atoms with Gasteiger partial charge in [0.05, 0.1) is 6.33 Å². The predicted molar refractivity (Wildman–Crippen MR) is 102 cm³/mol. The van der Waals surface area contributed by atoms with E-state index in [9.17, 15) is 8.42 Å². The van der Waals surface area contributed by atoms with Crippen molar-refractivity contribution in [1.29, 1.82) is 0 Å². The number of hydrogen-bond donors (Lipinski definition) is 0. The minimum absolute atomic E-state index is 0.104. The average Bonchev–Trinajstić information content (AvgIpc) is 3.42. The minimum Gasteiger partial charge on any atom is -0.354 e. The summed E-state index contributed by atoms with van der Waals surface area (Å²) in [6.07, 6.45) is 6.54. The first kappa shape index (κ1) is 17.6. The van der Waals surface area contributed by atoms with Crippen LogP contribution < -0.4 is 4.90 Å². The molecule has 28 heavy (non-hydrogen) atoms. The second kappa shape index (κ2) is 6.24. The zero-order valence-electron chi connectivity index (χ0n) is 15.8. The Morgan fingerprint density at radius 1 is 1.07 bits per heavy atom. The fraction of sp³-hybridized carbons (Fsp3) is 0.529. The van der Waals surface area contributed by atoms with E-state index in [0.717, 1.165) is 36.6 Å². The number of nitrogens with zero attached hydrogens (tertiary/aromatic N) is 8. The summed E-state index contributed by atoms with van der Waals surface area (Å²) in [5, 5.41) is 0.104. The van der Waals surface area contributed by atoms with Crippen molar-refractivity contribution in [3.63, 3.8) is 0 Å². The molecule has 0 amide bonds. The molecule has 2 saturated heterocycles. The molecule has 0 bridgehead atoms. The third kappa shape index (κ3) is 2.53. The predicted octanol–water partition coefficient (Wildman–Crippen LogP) is 0.337. The summed E-state index contributed by atoms with van der Waals surface area (Å²) >= 11 is 0. The van der Waals surface area contributed by atoms with Crippen LogP contribution in [0.15, 0.2) is 30.2 Å². The highest BCUT2D eigenvalue weighted by Crippen LogP contribution is 2.36. The largest absolute Gasteiger partial charge is 0.354 e. The van der Waals surface area contributed by atoms with E-state index in [-0.39, 0.29) is 17.0 Å². The highest BCUT2D eigenvalue weighted by molar-refractivity contribution is 7.89. The van der Waals surface area contributed by atoms with Gasteiger partial charge in [-0.3, -0.25) is 0 Å². The van der Waals surface area contributed by atoms with Crippen LogP contribution in [0.3, 0.4) is 0 Å². The van der Waals surface area contributed by atoms with Crippen LogP contribution in [-0.4, -0.2) is 68.0 Å². The van der Waals surface area contributed by atoms with Gasteiger partial charge in [0.2, 0.25) is 5.16 Å². The highest BCUT2D eigenvalue weighted by Gasteiger charge is 2.45. The van der Waals surface area contributed by atoms with Gasteiger partial charge in [-0.1, -0.05) is 0 Å². The fourth-order valence-electron chi connectivity index (χ4n) is 4.37. The lowest BCUT2D eigenvalue weighted by Crippen LogP contribution is -2.34. The maximum absolute atomic E-state index is 12.9. The Morgan fingerprint density at radius 3 is 2.46 bits per heavy atom. The molecule has 0 aromatic carbocycles. The van der Waals surface area contributed by atoms with E-state index in [2.05, 4.69) is 31.8 Å². The number of imidazole rings is 2. The van der Waals surface area contributed by atoms with Gasteiger partial charge in [0.25, 0.3) is 10.0 Å². The van der Waals surface area contributed by atoms with Gasteiger partial charge in [-0.05, 0) is 18.8 Å². The van der Waals surface area contributed by atoms with Crippen LogP contribution in [0.1, 0.15) is 6.92 Å². The summed E-state index contributed by atoms with van der Waals surface area (Å²) in [5.41, 5.74) is 1.64. The standard InChI is InChI=1S/C17H22N8O2S/c1-3-23-11-21-14-15(23)19-10-20-16(14)24-6-12-8-25(9-13(12)7-24)28(26,27)17-18-4-5-22(17)2/h4-5,10-13H,3,6-9H2,1-2H3. The lowest BCUT2D eigenvalue weighted by atomic mass is 10.0. The van der Waals surface area contributed by atoms with Crippen molar-refractivity contribution in [3.8, 4) is 0 Å². The van der Waals surface area contributed by atoms with Crippen LogP contribution >= 0.6 is 0 Å². The van der Waals surface area contributed by atoms with Crippen LogP contribution in [0.2, 0.25) is 0 Å². The topological polar surface area (TPSA) is 102 Å². The molecule has 0 N–H and O–H groups in total. The Balaban J connectivity index is 1.37. The Morgan fingerprint density at radius 2 is 1.82 bits per heavy atom. The Hall–Kier alpha value is -2.53. The van der Waals surface area contributed by atoms with Crippen molar-refractivity contribution in [2.45, 2.75) is 18.6 Å². The highest BCUT2D eigenvalue weighted by atomic mass is 32.2. The molecular formula is C17H22N8O2S. The first-order chi connectivity index (χ1) is 13.5. The molecule has 11 heteroatoms. The quantitative estimate of drug-likeness (QED) is 0.620. The zero-order valence-corrected chi connectivity index (χ0v) is 16.6. The molecule has 0 radical (unpaired) electrons. The molecule has 5 rings (SSSR count). The van der Waals surface area contributed by atoms with Crippen molar-refractivity contribution in [3.05, 3.63) is 25.0 Å². The Bertz CT molecular complexity index is 1120. The molecule has 2 aliphatic rings. The van der Waals surface area contributed by atoms with Gasteiger partial charge in [-0.25, -0.2) is 28.4 Å². The number of sulfonamides is 1. The monoisotopic (exact) mass is 402 g/mol. The van der Waals surface area contributed by atoms with E-state index >= 15 is 0 Å². The summed E-state index contributed by atoms with van der Waals surface area (Å²) in [7, 11) is -1.86. The lowest BCUT2D eigenvalue weighted by Gasteiger charge is -2.22. The smallest absolute Gasteiger partial charge is 0.277 e. The molecule has 2 fully saturated rings. The molecule has 3 aromatic heterocycles. The van der Waals surface area contributed by atoms with Gasteiger partial charge in [0, 0.05) is 52.2 Å². The van der Waals surface area contributed by atoms with Gasteiger partial charge >= 0.3 is 0 Å². The number of fused-ring (bicyclic) bond motifs is 2. The summed E-state index contributed by atoms with van der Waals surface area (Å²) in [6, 6.07) is 0. The van der Waals surface area contributed by atoms with Crippen LogP contribution in [0.4, 0.5) is 5.82 Å². The molecule has 5 heterocycles. The van der Waals surface area contributed by atoms with Gasteiger partial charge in [0.1, 0.15) is 6.33 Å². The third-order valence-electron chi connectivity index (χ3n) is 5.82. The Kier molecular flexibility index (Phi) is 3.91. The lowest BCUT2D eigenvalue weighted by molar-refractivity contribution is 0.444. The normalized spacial score (nSPS) is 23.0. The van der Waals surface area contributed by atoms with Crippen LogP contribution in [0, 0.1) is 11.8 Å². The van der Waals surface area contributed by atoms with Gasteiger partial charge in [-0.2, -0.15) is 4.31 Å². The molecule has 3 aromatic rings. The van der Waals surface area contributed by atoms with Crippen LogP contribution in [0.25, 0.3) is 11.2 Å². The van der Waals surface area contributed by atoms with E-state index in [1.165, 1.54) is 6.20 Å². The van der Waals surface area contributed by atoms with Crippen molar-refractivity contribution < 1.29 is 8.42 Å². The van der Waals surface area contributed by atoms with E-state index in [1.54, 1.807) is 34.8 Å². The Labute approximate surface area is 162 Å². The van der Waals surface area contributed by atoms with Crippen molar-refractivity contribution >= 4 is 27.0 Å². The van der Waals surface area contributed by atoms with Gasteiger partial charge in [-0.15, -0.1) is 0 Å². The summed E-state index contributed by atoms with van der Waals surface area (Å²) < 4.78 is 30.9. The third-order valence-corrected chi connectivity index (χ3v) is 7.66. The molecule has 2 atom stereocenters. The van der Waals surface area contributed by atoms with Gasteiger partial charge < -0.3 is 14.0 Å². The van der Waals surface area contributed by atoms with E-state index in [0.29, 0.717) is 13.1 Å². The molecule has 148 valence electrons. The summed E-state index contributed by atoms with van der Waals surface area (Å²) in [4.78, 5) is 19.6. The molecular weight excluding hydrogens is 380 g/mol. The minimum atomic E-state index is -3.56. The number of aryl methyl sites for hydroxylation is 2. The maximum Gasteiger partial charge on any atom is 0.277 e. The zero-order chi connectivity index (χ0) is 19.5. The van der Waals surface area contributed by atoms with Crippen molar-refractivity contribution in [2.24, 2.45) is 18.9 Å². The van der Waals surface area contributed by atoms with Gasteiger partial charge in [0.15, 0.2) is 17.0 Å². The summed E-state index contributed by atoms with van der Waals surface area (Å²) in [5.74, 6) is 1.38. The molecule has 0 saturated carbocycles. The molecule has 2 aliphatic heterocycles. The first-order valence-electron chi connectivity index (χ1n) is 9.37. The number of rotatable bonds is 4. The molecule has 0 spiro atoms. The molecule has 10 nitrogen and oxygen atoms in total. The fourth-order valence-corrected chi connectivity index (χ4v) is 5.99. The van der Waals surface area contributed by atoms with Crippen LogP contribution in [-0.2, 0) is 23.6 Å². The number of hydrogen-bond acceptors (Lipinski definition) is 7. The summed E-state index contributed by atoms with van der Waals surface area (Å²) in [6.45, 7) is 5.41. The van der Waals surface area contributed by atoms with E-state index in [1.807, 2.05) is 4.57 Å². The molecule has 0 aliphatic carbocycles. The second-order valence-corrected chi connectivity index (χ2v) is 9.30. The maximum atomic E-state index is 12.9. The van der Waals surface area contributed by atoms with Crippen molar-refractivity contribution in [1.82, 2.24) is 33.4 Å². The SMILES string of the molecule is CCn1cnc2c(N3CC4CN(S(=O)(=O)c5nccn5C)CC4C3)ncnc21. The first-order valence-corrected chi connectivity index (χ1v) is 10.8. The number of anilines is 1. The molecule has 2 unspecified atom stereocenters.